The zero-order valence-electron chi connectivity index (χ0n) is 19.6. The van der Waals surface area contributed by atoms with E-state index in [-0.39, 0.29) is 11.8 Å². The molecule has 3 aromatic heterocycles. The van der Waals surface area contributed by atoms with E-state index in [9.17, 15) is 4.79 Å². The largest absolute Gasteiger partial charge is 0.366 e. The molecule has 35 heavy (non-hydrogen) atoms. The lowest BCUT2D eigenvalue weighted by molar-refractivity contribution is -0.128. The smallest absolute Gasteiger partial charge is 0.249 e. The Morgan fingerprint density at radius 2 is 1.94 bits per heavy atom. The molecule has 1 aliphatic heterocycles. The summed E-state index contributed by atoms with van der Waals surface area (Å²) in [6.07, 6.45) is 9.10. The summed E-state index contributed by atoms with van der Waals surface area (Å²) in [4.78, 5) is 24.1. The molecule has 4 heterocycles. The summed E-state index contributed by atoms with van der Waals surface area (Å²) in [7, 11) is 0. The molecular formula is C27H27BrN6O. The van der Waals surface area contributed by atoms with Gasteiger partial charge in [0, 0.05) is 55.3 Å². The van der Waals surface area contributed by atoms with Crippen molar-refractivity contribution in [3.8, 4) is 0 Å². The van der Waals surface area contributed by atoms with Gasteiger partial charge in [-0.15, -0.1) is 0 Å². The molecule has 4 aromatic rings. The fourth-order valence-corrected chi connectivity index (χ4v) is 4.82. The Morgan fingerprint density at radius 3 is 2.69 bits per heavy atom. The quantitative estimate of drug-likeness (QED) is 0.342. The summed E-state index contributed by atoms with van der Waals surface area (Å²) in [5.41, 5.74) is 4.71. The van der Waals surface area contributed by atoms with Crippen molar-refractivity contribution in [2.75, 3.05) is 18.4 Å². The number of fused-ring (bicyclic) bond motifs is 1. The fraction of sp³-hybridized carbons (Fsp3) is 0.259. The topological polar surface area (TPSA) is 75.4 Å². The molecule has 0 radical (unpaired) electrons. The summed E-state index contributed by atoms with van der Waals surface area (Å²) < 4.78 is 2.68. The van der Waals surface area contributed by atoms with Gasteiger partial charge in [0.1, 0.15) is 5.82 Å². The number of pyridine rings is 1. The van der Waals surface area contributed by atoms with E-state index >= 15 is 0 Å². The molecule has 1 fully saturated rings. The van der Waals surface area contributed by atoms with Crippen LogP contribution in [0.15, 0.2) is 77.2 Å². The van der Waals surface area contributed by atoms with Crippen molar-refractivity contribution in [2.45, 2.75) is 32.2 Å². The monoisotopic (exact) mass is 530 g/mol. The molecule has 0 saturated carbocycles. The number of benzene rings is 1. The van der Waals surface area contributed by atoms with Gasteiger partial charge in [-0.05, 0) is 59.0 Å². The number of nitrogens with zero attached hydrogens (tertiary/aromatic N) is 5. The maximum atomic E-state index is 13.0. The first-order valence-corrected chi connectivity index (χ1v) is 12.6. The minimum absolute atomic E-state index is 0.105. The van der Waals surface area contributed by atoms with E-state index in [1.165, 1.54) is 0 Å². The highest BCUT2D eigenvalue weighted by atomic mass is 79.9. The standard InChI is InChI=1S/C27H27BrN6O/c1-19(14-20-6-3-2-4-7-20)27(35)33-12-9-22(10-13-33)24-15-25(30-17-21-8-5-11-29-16-21)34-26(32-24)23(28)18-31-34/h2-8,11,14-16,18,22,30H,9-10,12-13,17H2,1H3. The summed E-state index contributed by atoms with van der Waals surface area (Å²) in [6.45, 7) is 3.97. The van der Waals surface area contributed by atoms with E-state index in [0.29, 0.717) is 6.54 Å². The lowest BCUT2D eigenvalue weighted by atomic mass is 9.92. The highest BCUT2D eigenvalue weighted by Crippen LogP contribution is 2.31. The molecule has 0 spiro atoms. The van der Waals surface area contributed by atoms with E-state index in [0.717, 1.165) is 64.3 Å². The van der Waals surface area contributed by atoms with Gasteiger partial charge in [0.2, 0.25) is 5.91 Å². The van der Waals surface area contributed by atoms with Crippen molar-refractivity contribution < 1.29 is 4.79 Å². The lowest BCUT2D eigenvalue weighted by Gasteiger charge is -2.32. The van der Waals surface area contributed by atoms with Crippen LogP contribution in [0.4, 0.5) is 5.82 Å². The summed E-state index contributed by atoms with van der Waals surface area (Å²) in [6, 6.07) is 16.0. The fourth-order valence-electron chi connectivity index (χ4n) is 4.47. The second-order valence-corrected chi connectivity index (χ2v) is 9.67. The third-order valence-electron chi connectivity index (χ3n) is 6.37. The predicted octanol–water partition coefficient (Wildman–Crippen LogP) is 5.31. The Hall–Kier alpha value is -3.52. The van der Waals surface area contributed by atoms with Crippen molar-refractivity contribution in [3.05, 3.63) is 94.0 Å². The predicted molar refractivity (Wildman–Crippen MR) is 141 cm³/mol. The van der Waals surface area contributed by atoms with Crippen molar-refractivity contribution in [3.63, 3.8) is 0 Å². The highest BCUT2D eigenvalue weighted by molar-refractivity contribution is 9.10. The van der Waals surface area contributed by atoms with Gasteiger partial charge in [-0.2, -0.15) is 9.61 Å². The van der Waals surface area contributed by atoms with Crippen LogP contribution in [-0.2, 0) is 11.3 Å². The van der Waals surface area contributed by atoms with Gasteiger partial charge in [-0.25, -0.2) is 4.98 Å². The SMILES string of the molecule is CC(=Cc1ccccc1)C(=O)N1CCC(c2cc(NCc3cccnc3)n3ncc(Br)c3n2)CC1. The summed E-state index contributed by atoms with van der Waals surface area (Å²) >= 11 is 3.58. The van der Waals surface area contributed by atoms with Gasteiger partial charge < -0.3 is 10.2 Å². The van der Waals surface area contributed by atoms with Crippen molar-refractivity contribution >= 4 is 39.4 Å². The Balaban J connectivity index is 1.30. The molecule has 1 saturated heterocycles. The molecule has 7 nitrogen and oxygen atoms in total. The summed E-state index contributed by atoms with van der Waals surface area (Å²) in [5.74, 6) is 1.27. The van der Waals surface area contributed by atoms with Crippen LogP contribution in [-0.4, -0.2) is 43.5 Å². The zero-order valence-corrected chi connectivity index (χ0v) is 21.1. The lowest BCUT2D eigenvalue weighted by Crippen LogP contribution is -2.38. The van der Waals surface area contributed by atoms with Crippen LogP contribution in [0.5, 0.6) is 0 Å². The van der Waals surface area contributed by atoms with Crippen molar-refractivity contribution in [2.24, 2.45) is 0 Å². The number of likely N-dealkylation sites (tertiary alicyclic amines) is 1. The highest BCUT2D eigenvalue weighted by Gasteiger charge is 2.26. The molecule has 0 bridgehead atoms. The van der Waals surface area contributed by atoms with E-state index < -0.39 is 0 Å². The van der Waals surface area contributed by atoms with Crippen LogP contribution < -0.4 is 5.32 Å². The average molecular weight is 531 g/mol. The van der Waals surface area contributed by atoms with Crippen LogP contribution in [0, 0.1) is 0 Å². The molecule has 8 heteroatoms. The van der Waals surface area contributed by atoms with Gasteiger partial charge in [0.25, 0.3) is 0 Å². The van der Waals surface area contributed by atoms with E-state index in [1.54, 1.807) is 12.4 Å². The molecule has 5 rings (SSSR count). The van der Waals surface area contributed by atoms with Gasteiger partial charge in [0.15, 0.2) is 5.65 Å². The molecule has 178 valence electrons. The molecule has 0 unspecified atom stereocenters. The van der Waals surface area contributed by atoms with Crippen molar-refractivity contribution in [1.82, 2.24) is 24.5 Å². The van der Waals surface area contributed by atoms with Crippen LogP contribution in [0.1, 0.15) is 42.5 Å². The number of halogens is 1. The molecule has 0 aliphatic carbocycles. The van der Waals surface area contributed by atoms with Gasteiger partial charge in [0.05, 0.1) is 10.7 Å². The maximum absolute atomic E-state index is 13.0. The number of rotatable bonds is 6. The van der Waals surface area contributed by atoms with Crippen LogP contribution in [0.3, 0.4) is 0 Å². The second-order valence-electron chi connectivity index (χ2n) is 8.81. The second kappa shape index (κ2) is 10.4. The molecule has 1 aromatic carbocycles. The number of carbonyl (C=O) groups excluding carboxylic acids is 1. The van der Waals surface area contributed by atoms with Crippen LogP contribution in [0.2, 0.25) is 0 Å². The number of aromatic nitrogens is 4. The van der Waals surface area contributed by atoms with Crippen LogP contribution in [0.25, 0.3) is 11.7 Å². The first-order valence-electron chi connectivity index (χ1n) is 11.8. The Bertz CT molecular complexity index is 1340. The third kappa shape index (κ3) is 5.27. The first-order chi connectivity index (χ1) is 17.1. The van der Waals surface area contributed by atoms with Crippen LogP contribution >= 0.6 is 15.9 Å². The Kier molecular flexibility index (Phi) is 6.90. The molecule has 0 atom stereocenters. The number of amides is 1. The Morgan fingerprint density at radius 1 is 1.14 bits per heavy atom. The number of carbonyl (C=O) groups is 1. The average Bonchev–Trinajstić information content (AvgIpc) is 3.28. The number of hydrogen-bond acceptors (Lipinski definition) is 5. The first kappa shape index (κ1) is 23.2. The third-order valence-corrected chi connectivity index (χ3v) is 6.92. The number of anilines is 1. The van der Waals surface area contributed by atoms with Gasteiger partial charge >= 0.3 is 0 Å². The number of hydrogen-bond donors (Lipinski definition) is 1. The zero-order chi connectivity index (χ0) is 24.2. The molecule has 1 N–H and O–H groups in total. The number of nitrogens with one attached hydrogen (secondary N) is 1. The maximum Gasteiger partial charge on any atom is 0.249 e. The normalized spacial score (nSPS) is 14.9. The molecular weight excluding hydrogens is 504 g/mol. The minimum Gasteiger partial charge on any atom is -0.366 e. The molecule has 1 amide bonds. The van der Waals surface area contributed by atoms with Gasteiger partial charge in [-0.1, -0.05) is 36.4 Å². The Labute approximate surface area is 213 Å². The van der Waals surface area contributed by atoms with Gasteiger partial charge in [-0.3, -0.25) is 9.78 Å². The van der Waals surface area contributed by atoms with Crippen molar-refractivity contribution in [1.29, 1.82) is 0 Å². The number of piperidine rings is 1. The summed E-state index contributed by atoms with van der Waals surface area (Å²) in [5, 5.41) is 7.97. The van der Waals surface area contributed by atoms with E-state index in [2.05, 4.69) is 37.4 Å². The molecule has 1 aliphatic rings. The minimum atomic E-state index is 0.105. The van der Waals surface area contributed by atoms with E-state index in [4.69, 9.17) is 4.98 Å². The van der Waals surface area contributed by atoms with E-state index in [1.807, 2.05) is 71.1 Å².